The number of unbranched alkanes of at least 4 members (excludes halogenated alkanes) is 3. The number of nitrogens with one attached hydrogen (secondary N) is 1. The summed E-state index contributed by atoms with van der Waals surface area (Å²) in [6.45, 7) is 2.10. The minimum Gasteiger partial charge on any atom is -0.480 e. The number of rotatable bonds is 9. The van der Waals surface area contributed by atoms with E-state index in [2.05, 4.69) is 5.32 Å². The first kappa shape index (κ1) is 13.4. The molecule has 0 aromatic rings. The molecule has 0 unspecified atom stereocenters. The molecule has 2 N–H and O–H groups in total. The summed E-state index contributed by atoms with van der Waals surface area (Å²) in [5, 5.41) is 11.6. The van der Waals surface area contributed by atoms with Crippen LogP contribution in [-0.2, 0) is 4.79 Å². The molecule has 0 aromatic carbocycles. The third-order valence-electron chi connectivity index (χ3n) is 2.12. The summed E-state index contributed by atoms with van der Waals surface area (Å²) in [5.74, 6) is -0.748. The Morgan fingerprint density at radius 1 is 1.29 bits per heavy atom. The fourth-order valence-corrected chi connectivity index (χ4v) is 1.35. The number of hydrogen-bond acceptors (Lipinski definition) is 3. The van der Waals surface area contributed by atoms with E-state index in [-0.39, 0.29) is 6.54 Å². The average Bonchev–Trinajstić information content (AvgIpc) is 2.10. The molecule has 0 spiro atoms. The van der Waals surface area contributed by atoms with Crippen LogP contribution in [0.2, 0.25) is 0 Å². The zero-order valence-electron chi connectivity index (χ0n) is 9.25. The second-order valence-corrected chi connectivity index (χ2v) is 3.65. The van der Waals surface area contributed by atoms with Crippen molar-refractivity contribution in [3.05, 3.63) is 0 Å². The summed E-state index contributed by atoms with van der Waals surface area (Å²) in [6.07, 6.45) is 4.71. The van der Waals surface area contributed by atoms with Crippen LogP contribution in [0.3, 0.4) is 0 Å². The molecule has 0 fully saturated rings. The fourth-order valence-electron chi connectivity index (χ4n) is 1.35. The number of carboxylic acids is 1. The van der Waals surface area contributed by atoms with Crippen molar-refractivity contribution in [2.24, 2.45) is 0 Å². The molecule has 0 heterocycles. The van der Waals surface area contributed by atoms with Gasteiger partial charge in [-0.2, -0.15) is 0 Å². The Morgan fingerprint density at radius 3 is 2.50 bits per heavy atom. The van der Waals surface area contributed by atoms with Crippen LogP contribution in [-0.4, -0.2) is 49.7 Å². The zero-order valence-corrected chi connectivity index (χ0v) is 9.25. The van der Waals surface area contributed by atoms with Gasteiger partial charge in [0.05, 0.1) is 6.54 Å². The first-order chi connectivity index (χ1) is 6.66. The molecule has 84 valence electrons. The quantitative estimate of drug-likeness (QED) is 0.543. The fraction of sp³-hybridized carbons (Fsp3) is 0.900. The maximum atomic E-state index is 10.3. The summed E-state index contributed by atoms with van der Waals surface area (Å²) < 4.78 is 0. The topological polar surface area (TPSA) is 52.6 Å². The Labute approximate surface area is 86.3 Å². The van der Waals surface area contributed by atoms with Crippen molar-refractivity contribution >= 4 is 5.97 Å². The Morgan fingerprint density at radius 2 is 1.93 bits per heavy atom. The van der Waals surface area contributed by atoms with Crippen LogP contribution in [0.5, 0.6) is 0 Å². The standard InChI is InChI=1S/C10H22N2O2/c1-11-7-5-3-4-6-8-12(2)9-10(13)14/h11H,3-9H2,1-2H3,(H,13,14). The van der Waals surface area contributed by atoms with E-state index >= 15 is 0 Å². The third-order valence-corrected chi connectivity index (χ3v) is 2.12. The number of nitrogens with zero attached hydrogens (tertiary/aromatic N) is 1. The number of likely N-dealkylation sites (N-methyl/N-ethyl adjacent to an activating group) is 1. The van der Waals surface area contributed by atoms with Gasteiger partial charge in [-0.05, 0) is 40.0 Å². The highest BCUT2D eigenvalue weighted by atomic mass is 16.4. The maximum absolute atomic E-state index is 10.3. The summed E-state index contributed by atoms with van der Waals surface area (Å²) >= 11 is 0. The Hall–Kier alpha value is -0.610. The lowest BCUT2D eigenvalue weighted by Crippen LogP contribution is -2.26. The lowest BCUT2D eigenvalue weighted by Gasteiger charge is -2.13. The number of carboxylic acid groups (broad SMARTS) is 1. The smallest absolute Gasteiger partial charge is 0.317 e. The molecule has 0 amide bonds. The van der Waals surface area contributed by atoms with Crippen LogP contribution < -0.4 is 5.32 Å². The largest absolute Gasteiger partial charge is 0.480 e. The van der Waals surface area contributed by atoms with Crippen LogP contribution in [0.4, 0.5) is 0 Å². The first-order valence-corrected chi connectivity index (χ1v) is 5.21. The van der Waals surface area contributed by atoms with Gasteiger partial charge in [-0.15, -0.1) is 0 Å². The Kier molecular flexibility index (Phi) is 8.57. The van der Waals surface area contributed by atoms with E-state index in [0.29, 0.717) is 0 Å². The predicted molar refractivity (Wildman–Crippen MR) is 57.5 cm³/mol. The SMILES string of the molecule is CNCCCCCCN(C)CC(=O)O. The molecule has 0 radical (unpaired) electrons. The molecular weight excluding hydrogens is 180 g/mol. The van der Waals surface area contributed by atoms with E-state index in [4.69, 9.17) is 5.11 Å². The van der Waals surface area contributed by atoms with Crippen molar-refractivity contribution in [2.75, 3.05) is 33.7 Å². The molecule has 0 aliphatic carbocycles. The summed E-state index contributed by atoms with van der Waals surface area (Å²) in [7, 11) is 3.81. The van der Waals surface area contributed by atoms with Gasteiger partial charge in [0, 0.05) is 0 Å². The predicted octanol–water partition coefficient (Wildman–Crippen LogP) is 0.783. The van der Waals surface area contributed by atoms with Gasteiger partial charge >= 0.3 is 5.97 Å². The molecule has 14 heavy (non-hydrogen) atoms. The van der Waals surface area contributed by atoms with Crippen molar-refractivity contribution in [3.63, 3.8) is 0 Å². The molecule has 4 heteroatoms. The maximum Gasteiger partial charge on any atom is 0.317 e. The van der Waals surface area contributed by atoms with Gasteiger partial charge in [0.1, 0.15) is 0 Å². The summed E-state index contributed by atoms with van der Waals surface area (Å²) in [4.78, 5) is 12.2. The van der Waals surface area contributed by atoms with Gasteiger partial charge in [-0.25, -0.2) is 0 Å². The third kappa shape index (κ3) is 9.48. The van der Waals surface area contributed by atoms with Crippen LogP contribution in [0, 0.1) is 0 Å². The lowest BCUT2D eigenvalue weighted by molar-refractivity contribution is -0.137. The number of carbonyl (C=O) groups is 1. The number of hydrogen-bond donors (Lipinski definition) is 2. The highest BCUT2D eigenvalue weighted by Crippen LogP contribution is 1.99. The second kappa shape index (κ2) is 8.97. The normalized spacial score (nSPS) is 10.8. The molecule has 4 nitrogen and oxygen atoms in total. The molecule has 0 atom stereocenters. The number of aliphatic carboxylic acids is 1. The van der Waals surface area contributed by atoms with E-state index in [1.165, 1.54) is 19.3 Å². The van der Waals surface area contributed by atoms with Crippen LogP contribution >= 0.6 is 0 Å². The second-order valence-electron chi connectivity index (χ2n) is 3.65. The van der Waals surface area contributed by atoms with Crippen molar-refractivity contribution in [2.45, 2.75) is 25.7 Å². The van der Waals surface area contributed by atoms with Crippen LogP contribution in [0.1, 0.15) is 25.7 Å². The highest BCUT2D eigenvalue weighted by Gasteiger charge is 2.02. The van der Waals surface area contributed by atoms with E-state index in [1.54, 1.807) is 0 Å². The molecule has 0 rings (SSSR count). The van der Waals surface area contributed by atoms with Gasteiger partial charge in [-0.1, -0.05) is 12.8 Å². The molecule has 0 aliphatic heterocycles. The summed E-state index contributed by atoms with van der Waals surface area (Å²) in [6, 6.07) is 0. The van der Waals surface area contributed by atoms with Gasteiger partial charge in [-0.3, -0.25) is 9.69 Å². The van der Waals surface area contributed by atoms with Crippen molar-refractivity contribution in [1.82, 2.24) is 10.2 Å². The van der Waals surface area contributed by atoms with E-state index in [0.717, 1.165) is 19.5 Å². The first-order valence-electron chi connectivity index (χ1n) is 5.21. The van der Waals surface area contributed by atoms with E-state index in [9.17, 15) is 4.79 Å². The van der Waals surface area contributed by atoms with Crippen molar-refractivity contribution in [1.29, 1.82) is 0 Å². The van der Waals surface area contributed by atoms with Gasteiger partial charge in [0.2, 0.25) is 0 Å². The molecule has 0 saturated heterocycles. The lowest BCUT2D eigenvalue weighted by atomic mass is 10.2. The molecule has 0 aliphatic rings. The van der Waals surface area contributed by atoms with Gasteiger partial charge < -0.3 is 10.4 Å². The summed E-state index contributed by atoms with van der Waals surface area (Å²) in [5.41, 5.74) is 0. The van der Waals surface area contributed by atoms with Gasteiger partial charge in [0.15, 0.2) is 0 Å². The minimum atomic E-state index is -0.748. The van der Waals surface area contributed by atoms with Crippen molar-refractivity contribution in [3.8, 4) is 0 Å². The zero-order chi connectivity index (χ0) is 10.8. The molecular formula is C10H22N2O2. The molecule has 0 aromatic heterocycles. The Balaban J connectivity index is 3.14. The van der Waals surface area contributed by atoms with Crippen LogP contribution in [0.15, 0.2) is 0 Å². The van der Waals surface area contributed by atoms with Crippen molar-refractivity contribution < 1.29 is 9.90 Å². The molecule has 0 saturated carbocycles. The van der Waals surface area contributed by atoms with E-state index < -0.39 is 5.97 Å². The van der Waals surface area contributed by atoms with E-state index in [1.807, 2.05) is 19.0 Å². The minimum absolute atomic E-state index is 0.149. The van der Waals surface area contributed by atoms with Gasteiger partial charge in [0.25, 0.3) is 0 Å². The highest BCUT2D eigenvalue weighted by molar-refractivity contribution is 5.68. The van der Waals surface area contributed by atoms with Crippen LogP contribution in [0.25, 0.3) is 0 Å². The monoisotopic (exact) mass is 202 g/mol. The average molecular weight is 202 g/mol. The molecule has 0 bridgehead atoms. The Bertz CT molecular complexity index is 151.